The SMILES string of the molecule is COC(=O)c1cccn2ccnc12. The fraction of sp³-hybridized carbons (Fsp3) is 0.111. The summed E-state index contributed by atoms with van der Waals surface area (Å²) in [6.45, 7) is 0. The molecule has 2 heterocycles. The van der Waals surface area contributed by atoms with Gasteiger partial charge in [0.15, 0.2) is 5.65 Å². The lowest BCUT2D eigenvalue weighted by Gasteiger charge is -2.00. The molecule has 0 atom stereocenters. The van der Waals surface area contributed by atoms with Crippen molar-refractivity contribution >= 4 is 11.6 Å². The molecule has 0 unspecified atom stereocenters. The van der Waals surface area contributed by atoms with Gasteiger partial charge in [-0.05, 0) is 12.1 Å². The molecule has 2 aromatic rings. The van der Waals surface area contributed by atoms with E-state index in [-0.39, 0.29) is 5.97 Å². The zero-order valence-electron chi connectivity index (χ0n) is 7.10. The van der Waals surface area contributed by atoms with Crippen LogP contribution in [0, 0.1) is 0 Å². The number of rotatable bonds is 1. The number of carbonyl (C=O) groups excluding carboxylic acids is 1. The molecule has 0 saturated carbocycles. The van der Waals surface area contributed by atoms with Crippen LogP contribution in [0.3, 0.4) is 0 Å². The van der Waals surface area contributed by atoms with Gasteiger partial charge in [0.05, 0.1) is 7.11 Å². The number of imidazole rings is 1. The summed E-state index contributed by atoms with van der Waals surface area (Å²) in [5.41, 5.74) is 1.10. The Hall–Kier alpha value is -1.84. The van der Waals surface area contributed by atoms with Gasteiger partial charge in [-0.3, -0.25) is 0 Å². The highest BCUT2D eigenvalue weighted by Crippen LogP contribution is 2.09. The van der Waals surface area contributed by atoms with Gasteiger partial charge in [0.1, 0.15) is 5.56 Å². The predicted molar refractivity (Wildman–Crippen MR) is 46.5 cm³/mol. The highest BCUT2D eigenvalue weighted by Gasteiger charge is 2.10. The van der Waals surface area contributed by atoms with Gasteiger partial charge in [-0.25, -0.2) is 9.78 Å². The van der Waals surface area contributed by atoms with Crippen LogP contribution in [0.4, 0.5) is 0 Å². The highest BCUT2D eigenvalue weighted by atomic mass is 16.5. The molecule has 0 spiro atoms. The van der Waals surface area contributed by atoms with Crippen molar-refractivity contribution in [3.05, 3.63) is 36.3 Å². The van der Waals surface area contributed by atoms with Crippen LogP contribution in [-0.2, 0) is 4.74 Å². The molecule has 2 rings (SSSR count). The maximum atomic E-state index is 11.2. The molecular weight excluding hydrogens is 168 g/mol. The predicted octanol–water partition coefficient (Wildman–Crippen LogP) is 1.12. The molecule has 0 radical (unpaired) electrons. The van der Waals surface area contributed by atoms with Gasteiger partial charge in [0, 0.05) is 18.6 Å². The van der Waals surface area contributed by atoms with Crippen LogP contribution in [0.1, 0.15) is 10.4 Å². The Bertz CT molecular complexity index is 448. The minimum Gasteiger partial charge on any atom is -0.465 e. The molecule has 0 aliphatic rings. The first-order valence-corrected chi connectivity index (χ1v) is 3.83. The maximum Gasteiger partial charge on any atom is 0.341 e. The van der Waals surface area contributed by atoms with Crippen LogP contribution in [-0.4, -0.2) is 22.5 Å². The maximum absolute atomic E-state index is 11.2. The number of hydrogen-bond acceptors (Lipinski definition) is 3. The van der Waals surface area contributed by atoms with E-state index in [1.807, 2.05) is 6.20 Å². The van der Waals surface area contributed by atoms with Gasteiger partial charge < -0.3 is 9.14 Å². The van der Waals surface area contributed by atoms with Gasteiger partial charge in [0.25, 0.3) is 0 Å². The summed E-state index contributed by atoms with van der Waals surface area (Å²) in [5.74, 6) is -0.364. The first-order valence-electron chi connectivity index (χ1n) is 3.83. The van der Waals surface area contributed by atoms with Crippen LogP contribution >= 0.6 is 0 Å². The third kappa shape index (κ3) is 1.16. The summed E-state index contributed by atoms with van der Waals surface area (Å²) in [5, 5.41) is 0. The highest BCUT2D eigenvalue weighted by molar-refractivity contribution is 5.95. The fourth-order valence-corrected chi connectivity index (χ4v) is 1.22. The summed E-state index contributed by atoms with van der Waals surface area (Å²) < 4.78 is 6.39. The molecule has 0 saturated heterocycles. The standard InChI is InChI=1S/C9H8N2O2/c1-13-9(12)7-3-2-5-11-6-4-10-8(7)11/h2-6H,1H3. The second-order valence-corrected chi connectivity index (χ2v) is 2.57. The van der Waals surface area contributed by atoms with Crippen molar-refractivity contribution < 1.29 is 9.53 Å². The molecule has 4 nitrogen and oxygen atoms in total. The number of ether oxygens (including phenoxy) is 1. The first-order chi connectivity index (χ1) is 6.33. The van der Waals surface area contributed by atoms with Crippen molar-refractivity contribution in [2.24, 2.45) is 0 Å². The van der Waals surface area contributed by atoms with Gasteiger partial charge >= 0.3 is 5.97 Å². The van der Waals surface area contributed by atoms with Crippen LogP contribution in [0.5, 0.6) is 0 Å². The molecule has 4 heteroatoms. The van der Waals surface area contributed by atoms with E-state index in [0.717, 1.165) is 0 Å². The van der Waals surface area contributed by atoms with Crippen LogP contribution < -0.4 is 0 Å². The molecule has 66 valence electrons. The lowest BCUT2D eigenvalue weighted by atomic mass is 10.3. The average molecular weight is 176 g/mol. The minimum atomic E-state index is -0.364. The lowest BCUT2D eigenvalue weighted by molar-refractivity contribution is 0.0602. The number of pyridine rings is 1. The van der Waals surface area contributed by atoms with Crippen LogP contribution in [0.15, 0.2) is 30.7 Å². The van der Waals surface area contributed by atoms with E-state index in [2.05, 4.69) is 9.72 Å². The monoisotopic (exact) mass is 176 g/mol. The van der Waals surface area contributed by atoms with Crippen molar-refractivity contribution in [3.8, 4) is 0 Å². The zero-order valence-corrected chi connectivity index (χ0v) is 7.10. The van der Waals surface area contributed by atoms with Crippen LogP contribution in [0.25, 0.3) is 5.65 Å². The van der Waals surface area contributed by atoms with Gasteiger partial charge in [-0.15, -0.1) is 0 Å². The van der Waals surface area contributed by atoms with E-state index in [9.17, 15) is 4.79 Å². The van der Waals surface area contributed by atoms with Gasteiger partial charge in [-0.2, -0.15) is 0 Å². The third-order valence-electron chi connectivity index (χ3n) is 1.82. The second kappa shape index (κ2) is 2.90. The largest absolute Gasteiger partial charge is 0.465 e. The van der Waals surface area contributed by atoms with Crippen molar-refractivity contribution in [3.63, 3.8) is 0 Å². The second-order valence-electron chi connectivity index (χ2n) is 2.57. The van der Waals surface area contributed by atoms with Crippen molar-refractivity contribution in [2.75, 3.05) is 7.11 Å². The summed E-state index contributed by atoms with van der Waals surface area (Å²) in [6, 6.07) is 3.47. The van der Waals surface area contributed by atoms with Crippen molar-refractivity contribution in [2.45, 2.75) is 0 Å². The molecule has 0 N–H and O–H groups in total. The first kappa shape index (κ1) is 7.79. The normalized spacial score (nSPS) is 10.2. The Labute approximate surface area is 74.8 Å². The van der Waals surface area contributed by atoms with Crippen LogP contribution in [0.2, 0.25) is 0 Å². The Morgan fingerprint density at radius 3 is 3.15 bits per heavy atom. The number of carbonyl (C=O) groups is 1. The summed E-state index contributed by atoms with van der Waals surface area (Å²) >= 11 is 0. The zero-order chi connectivity index (χ0) is 9.26. The number of aromatic nitrogens is 2. The van der Waals surface area contributed by atoms with E-state index in [0.29, 0.717) is 11.2 Å². The molecule has 0 aliphatic carbocycles. The van der Waals surface area contributed by atoms with E-state index >= 15 is 0 Å². The van der Waals surface area contributed by atoms with Gasteiger partial charge in [0.2, 0.25) is 0 Å². The summed E-state index contributed by atoms with van der Waals surface area (Å²) in [4.78, 5) is 15.3. The van der Waals surface area contributed by atoms with E-state index in [1.54, 1.807) is 28.9 Å². The Morgan fingerprint density at radius 2 is 2.38 bits per heavy atom. The number of methoxy groups -OCH3 is 1. The van der Waals surface area contributed by atoms with E-state index in [1.165, 1.54) is 7.11 Å². The molecule has 0 aliphatic heterocycles. The fourth-order valence-electron chi connectivity index (χ4n) is 1.22. The van der Waals surface area contributed by atoms with Crippen molar-refractivity contribution in [1.82, 2.24) is 9.38 Å². The minimum absolute atomic E-state index is 0.364. The number of esters is 1. The molecule has 0 fully saturated rings. The van der Waals surface area contributed by atoms with Gasteiger partial charge in [-0.1, -0.05) is 0 Å². The number of fused-ring (bicyclic) bond motifs is 1. The topological polar surface area (TPSA) is 43.6 Å². The molecule has 2 aromatic heterocycles. The Kier molecular flexibility index (Phi) is 1.73. The smallest absolute Gasteiger partial charge is 0.341 e. The lowest BCUT2D eigenvalue weighted by Crippen LogP contribution is -2.03. The summed E-state index contributed by atoms with van der Waals surface area (Å²) in [6.07, 6.45) is 5.25. The average Bonchev–Trinajstić information content (AvgIpc) is 2.63. The molecule has 0 aromatic carbocycles. The number of nitrogens with zero attached hydrogens (tertiary/aromatic N) is 2. The Balaban J connectivity index is 2.67. The molecule has 13 heavy (non-hydrogen) atoms. The van der Waals surface area contributed by atoms with E-state index in [4.69, 9.17) is 0 Å². The summed E-state index contributed by atoms with van der Waals surface area (Å²) in [7, 11) is 1.36. The Morgan fingerprint density at radius 1 is 1.54 bits per heavy atom. The third-order valence-corrected chi connectivity index (χ3v) is 1.82. The van der Waals surface area contributed by atoms with Crippen molar-refractivity contribution in [1.29, 1.82) is 0 Å². The molecule has 0 amide bonds. The molecule has 0 bridgehead atoms. The molecular formula is C9H8N2O2. The number of hydrogen-bond donors (Lipinski definition) is 0. The van der Waals surface area contributed by atoms with E-state index < -0.39 is 0 Å². The quantitative estimate of drug-likeness (QED) is 0.611.